The van der Waals surface area contributed by atoms with Gasteiger partial charge in [-0.1, -0.05) is 19.9 Å². The van der Waals surface area contributed by atoms with Gasteiger partial charge in [-0.25, -0.2) is 0 Å². The van der Waals surface area contributed by atoms with E-state index >= 15 is 0 Å². The van der Waals surface area contributed by atoms with E-state index in [0.717, 1.165) is 29.1 Å². The fraction of sp³-hybridized carbons (Fsp3) is 0.562. The van der Waals surface area contributed by atoms with Crippen molar-refractivity contribution in [2.45, 2.75) is 50.5 Å². The molecule has 110 valence electrons. The van der Waals surface area contributed by atoms with E-state index in [-0.39, 0.29) is 11.9 Å². The molecule has 0 aliphatic heterocycles. The average Bonchev–Trinajstić information content (AvgIpc) is 2.40. The summed E-state index contributed by atoms with van der Waals surface area (Å²) in [5.74, 6) is 0.843. The molecule has 0 heterocycles. The first-order valence-corrected chi connectivity index (χ1v) is 8.33. The third kappa shape index (κ3) is 3.48. The predicted molar refractivity (Wildman–Crippen MR) is 85.9 cm³/mol. The zero-order chi connectivity index (χ0) is 14.8. The maximum absolute atomic E-state index is 7.79. The van der Waals surface area contributed by atoms with Gasteiger partial charge in [0.2, 0.25) is 0 Å². The molecule has 1 aromatic rings. The lowest BCUT2D eigenvalue weighted by molar-refractivity contribution is 0.0984. The first-order chi connectivity index (χ1) is 9.43. The van der Waals surface area contributed by atoms with Crippen molar-refractivity contribution >= 4 is 17.6 Å². The molecule has 0 unspecified atom stereocenters. The van der Waals surface area contributed by atoms with Crippen LogP contribution in [0, 0.1) is 10.8 Å². The van der Waals surface area contributed by atoms with Crippen molar-refractivity contribution in [1.29, 1.82) is 5.41 Å². The zero-order valence-corrected chi connectivity index (χ0v) is 13.3. The lowest BCUT2D eigenvalue weighted by atomic mass is 9.76. The van der Waals surface area contributed by atoms with Crippen LogP contribution in [-0.2, 0) is 0 Å². The number of ether oxygens (including phenoxy) is 1. The van der Waals surface area contributed by atoms with Crippen molar-refractivity contribution in [3.8, 4) is 5.75 Å². The molecule has 0 saturated heterocycles. The Morgan fingerprint density at radius 2 is 2.00 bits per heavy atom. The number of amidine groups is 1. The summed E-state index contributed by atoms with van der Waals surface area (Å²) < 4.78 is 6.15. The molecule has 1 aliphatic rings. The third-order valence-corrected chi connectivity index (χ3v) is 4.84. The second-order valence-corrected chi connectivity index (χ2v) is 7.08. The van der Waals surface area contributed by atoms with Crippen LogP contribution >= 0.6 is 11.8 Å². The van der Waals surface area contributed by atoms with E-state index in [4.69, 9.17) is 15.9 Å². The van der Waals surface area contributed by atoms with Crippen LogP contribution < -0.4 is 10.5 Å². The number of nitrogens with two attached hydrogens (primary N) is 1. The molecule has 20 heavy (non-hydrogen) atoms. The fourth-order valence-corrected chi connectivity index (χ4v) is 3.34. The summed E-state index contributed by atoms with van der Waals surface area (Å²) in [5.41, 5.74) is 6.90. The summed E-state index contributed by atoms with van der Waals surface area (Å²) in [4.78, 5) is 1.01. The Morgan fingerprint density at radius 1 is 1.35 bits per heavy atom. The molecular formula is C16H24N2OS. The monoisotopic (exact) mass is 292 g/mol. The maximum Gasteiger partial charge on any atom is 0.131 e. The van der Waals surface area contributed by atoms with Crippen molar-refractivity contribution < 1.29 is 4.74 Å². The van der Waals surface area contributed by atoms with Gasteiger partial charge in [-0.3, -0.25) is 5.41 Å². The van der Waals surface area contributed by atoms with Crippen LogP contribution in [0.1, 0.15) is 45.1 Å². The maximum atomic E-state index is 7.79. The molecule has 0 radical (unpaired) electrons. The number of hydrogen-bond donors (Lipinski definition) is 2. The summed E-state index contributed by atoms with van der Waals surface area (Å²) in [6, 6.07) is 5.88. The van der Waals surface area contributed by atoms with Gasteiger partial charge in [0.05, 0.1) is 11.7 Å². The van der Waals surface area contributed by atoms with E-state index < -0.39 is 0 Å². The number of rotatable bonds is 4. The number of benzene rings is 1. The zero-order valence-electron chi connectivity index (χ0n) is 12.5. The smallest absolute Gasteiger partial charge is 0.131 e. The van der Waals surface area contributed by atoms with E-state index in [2.05, 4.69) is 13.8 Å². The minimum absolute atomic E-state index is 0.0843. The van der Waals surface area contributed by atoms with Gasteiger partial charge in [0.15, 0.2) is 0 Å². The molecule has 3 nitrogen and oxygen atoms in total. The van der Waals surface area contributed by atoms with Crippen LogP contribution in [-0.4, -0.2) is 18.2 Å². The van der Waals surface area contributed by atoms with Crippen molar-refractivity contribution in [2.24, 2.45) is 11.1 Å². The lowest BCUT2D eigenvalue weighted by Gasteiger charge is -2.34. The lowest BCUT2D eigenvalue weighted by Crippen LogP contribution is -2.29. The number of nitrogens with one attached hydrogen (secondary N) is 1. The molecule has 1 fully saturated rings. The molecule has 4 heteroatoms. The van der Waals surface area contributed by atoms with Gasteiger partial charge >= 0.3 is 0 Å². The van der Waals surface area contributed by atoms with Gasteiger partial charge < -0.3 is 10.5 Å². The molecule has 0 aromatic heterocycles. The van der Waals surface area contributed by atoms with Crippen LogP contribution in [0.2, 0.25) is 0 Å². The Kier molecular flexibility index (Phi) is 4.63. The number of nitrogen functional groups attached to an aromatic ring is 1. The standard InChI is InChI=1S/C16H24N2OS/c1-16(2)9-7-11(8-10-16)19-12-5-4-6-13(20-3)14(12)15(17)18/h4-6,11H,7-10H2,1-3H3,(H3,17,18). The van der Waals surface area contributed by atoms with Crippen LogP contribution in [0.15, 0.2) is 23.1 Å². The minimum Gasteiger partial charge on any atom is -0.490 e. The van der Waals surface area contributed by atoms with Gasteiger partial charge in [0.1, 0.15) is 11.6 Å². The van der Waals surface area contributed by atoms with E-state index in [1.165, 1.54) is 12.8 Å². The number of thioether (sulfide) groups is 1. The summed E-state index contributed by atoms with van der Waals surface area (Å²) in [5, 5.41) is 7.79. The van der Waals surface area contributed by atoms with Crippen molar-refractivity contribution in [1.82, 2.24) is 0 Å². The van der Waals surface area contributed by atoms with E-state index in [1.54, 1.807) is 11.8 Å². The topological polar surface area (TPSA) is 59.1 Å². The van der Waals surface area contributed by atoms with Crippen molar-refractivity contribution in [3.05, 3.63) is 23.8 Å². The summed E-state index contributed by atoms with van der Waals surface area (Å²) in [7, 11) is 0. The Hall–Kier alpha value is -1.16. The Labute approximate surface area is 125 Å². The third-order valence-electron chi connectivity index (χ3n) is 4.06. The quantitative estimate of drug-likeness (QED) is 0.500. The van der Waals surface area contributed by atoms with Crippen LogP contribution in [0.5, 0.6) is 5.75 Å². The Bertz CT molecular complexity index is 489. The molecule has 1 saturated carbocycles. The van der Waals surface area contributed by atoms with Gasteiger partial charge in [-0.15, -0.1) is 11.8 Å². The summed E-state index contributed by atoms with van der Waals surface area (Å²) in [6.45, 7) is 4.64. The van der Waals surface area contributed by atoms with Gasteiger partial charge in [0, 0.05) is 4.90 Å². The van der Waals surface area contributed by atoms with E-state index in [1.807, 2.05) is 24.5 Å². The predicted octanol–water partition coefficient (Wildman–Crippen LogP) is 4.04. The molecule has 3 N–H and O–H groups in total. The second-order valence-electron chi connectivity index (χ2n) is 6.23. The SMILES string of the molecule is CSc1cccc(OC2CCC(C)(C)CC2)c1C(=N)N. The molecule has 0 amide bonds. The first-order valence-electron chi connectivity index (χ1n) is 7.11. The number of hydrogen-bond acceptors (Lipinski definition) is 3. The fourth-order valence-electron chi connectivity index (χ4n) is 2.71. The summed E-state index contributed by atoms with van der Waals surface area (Å²) >= 11 is 1.60. The van der Waals surface area contributed by atoms with Crippen molar-refractivity contribution in [3.63, 3.8) is 0 Å². The van der Waals surface area contributed by atoms with Crippen molar-refractivity contribution in [2.75, 3.05) is 6.26 Å². The van der Waals surface area contributed by atoms with Crippen LogP contribution in [0.3, 0.4) is 0 Å². The highest BCUT2D eigenvalue weighted by atomic mass is 32.2. The molecule has 1 aromatic carbocycles. The van der Waals surface area contributed by atoms with E-state index in [0.29, 0.717) is 5.41 Å². The highest BCUT2D eigenvalue weighted by Crippen LogP contribution is 2.37. The highest BCUT2D eigenvalue weighted by Gasteiger charge is 2.28. The molecule has 2 rings (SSSR count). The molecule has 1 aliphatic carbocycles. The molecular weight excluding hydrogens is 268 g/mol. The van der Waals surface area contributed by atoms with Crippen LogP contribution in [0.25, 0.3) is 0 Å². The normalized spacial score (nSPS) is 18.8. The van der Waals surface area contributed by atoms with E-state index in [9.17, 15) is 0 Å². The largest absolute Gasteiger partial charge is 0.490 e. The molecule has 0 atom stereocenters. The molecule has 0 spiro atoms. The molecule has 0 bridgehead atoms. The van der Waals surface area contributed by atoms with Gasteiger partial charge in [-0.2, -0.15) is 0 Å². The highest BCUT2D eigenvalue weighted by molar-refractivity contribution is 7.98. The second kappa shape index (κ2) is 6.08. The summed E-state index contributed by atoms with van der Waals surface area (Å²) in [6.07, 6.45) is 6.78. The van der Waals surface area contributed by atoms with Gasteiger partial charge in [-0.05, 0) is 49.5 Å². The van der Waals surface area contributed by atoms with Gasteiger partial charge in [0.25, 0.3) is 0 Å². The Morgan fingerprint density at radius 3 is 2.55 bits per heavy atom. The average molecular weight is 292 g/mol. The first kappa shape index (κ1) is 15.2. The van der Waals surface area contributed by atoms with Crippen LogP contribution in [0.4, 0.5) is 0 Å². The Balaban J connectivity index is 2.16. The minimum atomic E-state index is 0.0843.